The second kappa shape index (κ2) is 10.3. The number of nitrogens with zero attached hydrogens (tertiary/aromatic N) is 2. The van der Waals surface area contributed by atoms with Gasteiger partial charge in [-0.25, -0.2) is 0 Å². The van der Waals surface area contributed by atoms with Crippen LogP contribution in [0.5, 0.6) is 0 Å². The van der Waals surface area contributed by atoms with E-state index in [0.717, 1.165) is 0 Å². The van der Waals surface area contributed by atoms with Crippen molar-refractivity contribution in [1.82, 2.24) is 15.1 Å². The maximum absolute atomic E-state index is 12.2. The molecular formula is C15H30N3O5P. The summed E-state index contributed by atoms with van der Waals surface area (Å²) in [5.74, 6) is 0.224. The first-order valence-corrected chi connectivity index (χ1v) is 9.42. The Hall–Kier alpha value is -0.790. The summed E-state index contributed by atoms with van der Waals surface area (Å²) < 4.78 is 4.61. The molecule has 0 aliphatic carbocycles. The van der Waals surface area contributed by atoms with E-state index in [1.54, 1.807) is 4.90 Å². The van der Waals surface area contributed by atoms with Crippen molar-refractivity contribution in [3.63, 3.8) is 0 Å². The third kappa shape index (κ3) is 8.89. The van der Waals surface area contributed by atoms with Crippen LogP contribution < -0.4 is 5.32 Å². The van der Waals surface area contributed by atoms with Gasteiger partial charge in [0.2, 0.25) is 11.8 Å². The van der Waals surface area contributed by atoms with Crippen LogP contribution in [0.15, 0.2) is 0 Å². The highest BCUT2D eigenvalue weighted by Gasteiger charge is 2.26. The van der Waals surface area contributed by atoms with Gasteiger partial charge in [-0.05, 0) is 5.41 Å². The SMILES string of the molecule is CC(C)(C)CC(=O)N1CCN(C(=O)CCNCCOP(O)O)CC1. The highest BCUT2D eigenvalue weighted by Crippen LogP contribution is 2.23. The van der Waals surface area contributed by atoms with E-state index in [9.17, 15) is 9.59 Å². The van der Waals surface area contributed by atoms with Crippen molar-refractivity contribution in [2.45, 2.75) is 33.6 Å². The van der Waals surface area contributed by atoms with Crippen molar-refractivity contribution in [2.75, 3.05) is 45.9 Å². The summed E-state index contributed by atoms with van der Waals surface area (Å²) in [7, 11) is -2.31. The number of rotatable bonds is 8. The van der Waals surface area contributed by atoms with E-state index in [2.05, 4.69) is 9.84 Å². The van der Waals surface area contributed by atoms with Crippen LogP contribution in [0.3, 0.4) is 0 Å². The molecular weight excluding hydrogens is 333 g/mol. The average Bonchev–Trinajstić information content (AvgIpc) is 2.48. The van der Waals surface area contributed by atoms with Gasteiger partial charge in [-0.3, -0.25) is 9.59 Å². The molecule has 140 valence electrons. The first kappa shape index (κ1) is 21.3. The highest BCUT2D eigenvalue weighted by atomic mass is 31.2. The van der Waals surface area contributed by atoms with E-state index in [0.29, 0.717) is 52.1 Å². The molecule has 1 aliphatic rings. The Kier molecular flexibility index (Phi) is 9.08. The summed E-state index contributed by atoms with van der Waals surface area (Å²) in [5, 5.41) is 3.01. The quantitative estimate of drug-likeness (QED) is 0.424. The van der Waals surface area contributed by atoms with Crippen LogP contribution in [0, 0.1) is 5.41 Å². The second-order valence-electron chi connectivity index (χ2n) is 7.08. The third-order valence-corrected chi connectivity index (χ3v) is 4.08. The molecule has 0 spiro atoms. The molecule has 1 saturated heterocycles. The van der Waals surface area contributed by atoms with Gasteiger partial charge in [-0.2, -0.15) is 0 Å². The molecule has 0 radical (unpaired) electrons. The Morgan fingerprint density at radius 3 is 2.08 bits per heavy atom. The molecule has 1 heterocycles. The molecule has 9 heteroatoms. The van der Waals surface area contributed by atoms with Crippen LogP contribution >= 0.6 is 8.60 Å². The van der Waals surface area contributed by atoms with Gasteiger partial charge in [0.25, 0.3) is 0 Å². The normalized spacial score (nSPS) is 15.9. The molecule has 0 atom stereocenters. The van der Waals surface area contributed by atoms with E-state index < -0.39 is 8.60 Å². The zero-order chi connectivity index (χ0) is 18.2. The lowest BCUT2D eigenvalue weighted by molar-refractivity contribution is -0.140. The van der Waals surface area contributed by atoms with Gasteiger partial charge < -0.3 is 29.4 Å². The van der Waals surface area contributed by atoms with Gasteiger partial charge in [0.1, 0.15) is 0 Å². The van der Waals surface area contributed by atoms with Crippen molar-refractivity contribution in [1.29, 1.82) is 0 Å². The van der Waals surface area contributed by atoms with Crippen LogP contribution in [0.4, 0.5) is 0 Å². The Bertz CT molecular complexity index is 406. The standard InChI is InChI=1S/C15H30N3O5P/c1-15(2,3)12-14(20)18-9-7-17(8-10-18)13(19)4-5-16-6-11-23-24(21)22/h16,21-22H,4-12H2,1-3H3. The van der Waals surface area contributed by atoms with Gasteiger partial charge in [0, 0.05) is 52.1 Å². The van der Waals surface area contributed by atoms with Crippen LogP contribution in [0.25, 0.3) is 0 Å². The van der Waals surface area contributed by atoms with Crippen molar-refractivity contribution >= 4 is 20.4 Å². The summed E-state index contributed by atoms with van der Waals surface area (Å²) >= 11 is 0. The number of carbonyl (C=O) groups excluding carboxylic acids is 2. The largest absolute Gasteiger partial charge is 0.339 e. The fourth-order valence-corrected chi connectivity index (χ4v) is 2.70. The molecule has 0 bridgehead atoms. The van der Waals surface area contributed by atoms with Crippen molar-refractivity contribution in [3.05, 3.63) is 0 Å². The Morgan fingerprint density at radius 1 is 1.04 bits per heavy atom. The number of hydrogen-bond acceptors (Lipinski definition) is 6. The monoisotopic (exact) mass is 363 g/mol. The van der Waals surface area contributed by atoms with Gasteiger partial charge >= 0.3 is 8.60 Å². The zero-order valence-corrected chi connectivity index (χ0v) is 15.7. The molecule has 2 amide bonds. The van der Waals surface area contributed by atoms with Crippen LogP contribution in [-0.4, -0.2) is 77.3 Å². The molecule has 0 unspecified atom stereocenters. The molecule has 3 N–H and O–H groups in total. The lowest BCUT2D eigenvalue weighted by Crippen LogP contribution is -2.51. The van der Waals surface area contributed by atoms with E-state index in [-0.39, 0.29) is 23.8 Å². The van der Waals surface area contributed by atoms with Gasteiger partial charge in [0.15, 0.2) is 0 Å². The Balaban J connectivity index is 2.18. The lowest BCUT2D eigenvalue weighted by Gasteiger charge is -2.36. The minimum atomic E-state index is -2.31. The van der Waals surface area contributed by atoms with E-state index in [1.165, 1.54) is 0 Å². The van der Waals surface area contributed by atoms with E-state index in [1.807, 2.05) is 25.7 Å². The lowest BCUT2D eigenvalue weighted by atomic mass is 9.91. The molecule has 0 saturated carbocycles. The van der Waals surface area contributed by atoms with E-state index >= 15 is 0 Å². The van der Waals surface area contributed by atoms with E-state index in [4.69, 9.17) is 9.79 Å². The predicted octanol–water partition coefficient (Wildman–Crippen LogP) is 0.301. The summed E-state index contributed by atoms with van der Waals surface area (Å²) in [5.41, 5.74) is -0.0212. The number of hydrogen-bond donors (Lipinski definition) is 3. The zero-order valence-electron chi connectivity index (χ0n) is 14.8. The topological polar surface area (TPSA) is 102 Å². The predicted molar refractivity (Wildman–Crippen MR) is 92.0 cm³/mol. The molecule has 1 rings (SSSR count). The molecule has 1 aliphatic heterocycles. The maximum Gasteiger partial charge on any atom is 0.327 e. The smallest absolute Gasteiger partial charge is 0.327 e. The number of nitrogens with one attached hydrogen (secondary N) is 1. The number of piperazine rings is 1. The number of amides is 2. The first-order valence-electron chi connectivity index (χ1n) is 8.26. The summed E-state index contributed by atoms with van der Waals surface area (Å²) in [4.78, 5) is 45.1. The molecule has 1 fully saturated rings. The average molecular weight is 363 g/mol. The van der Waals surface area contributed by atoms with Gasteiger partial charge in [-0.15, -0.1) is 0 Å². The molecule has 0 aromatic heterocycles. The van der Waals surface area contributed by atoms with Crippen molar-refractivity contribution in [3.8, 4) is 0 Å². The summed E-state index contributed by atoms with van der Waals surface area (Å²) in [6, 6.07) is 0. The number of carbonyl (C=O) groups is 2. The van der Waals surface area contributed by atoms with Gasteiger partial charge in [-0.1, -0.05) is 20.8 Å². The van der Waals surface area contributed by atoms with Crippen molar-refractivity contribution < 1.29 is 23.9 Å². The van der Waals surface area contributed by atoms with Crippen LogP contribution in [-0.2, 0) is 14.1 Å². The minimum Gasteiger partial charge on any atom is -0.339 e. The van der Waals surface area contributed by atoms with Crippen LogP contribution in [0.2, 0.25) is 0 Å². The van der Waals surface area contributed by atoms with Crippen LogP contribution in [0.1, 0.15) is 33.6 Å². The fraction of sp³-hybridized carbons (Fsp3) is 0.867. The van der Waals surface area contributed by atoms with Gasteiger partial charge in [0.05, 0.1) is 6.61 Å². The Morgan fingerprint density at radius 2 is 1.58 bits per heavy atom. The third-order valence-electron chi connectivity index (χ3n) is 3.67. The summed E-state index contributed by atoms with van der Waals surface area (Å²) in [6.07, 6.45) is 0.903. The molecule has 0 aromatic rings. The Labute approximate surface area is 145 Å². The summed E-state index contributed by atoms with van der Waals surface area (Å²) in [6.45, 7) is 9.66. The molecule has 8 nitrogen and oxygen atoms in total. The maximum atomic E-state index is 12.2. The first-order chi connectivity index (χ1) is 11.2. The highest BCUT2D eigenvalue weighted by molar-refractivity contribution is 7.39. The minimum absolute atomic E-state index is 0.0212. The fourth-order valence-electron chi connectivity index (χ4n) is 2.45. The molecule has 24 heavy (non-hydrogen) atoms. The van der Waals surface area contributed by atoms with Crippen molar-refractivity contribution in [2.24, 2.45) is 5.41 Å². The second-order valence-corrected chi connectivity index (χ2v) is 7.85. The molecule has 0 aromatic carbocycles.